The minimum absolute atomic E-state index is 0.0238. The lowest BCUT2D eigenvalue weighted by atomic mass is 10.1. The summed E-state index contributed by atoms with van der Waals surface area (Å²) < 4.78 is 15.4. The number of anilines is 2. The number of ether oxygens (including phenoxy) is 3. The zero-order chi connectivity index (χ0) is 21.6. The molecule has 156 valence electrons. The van der Waals surface area contributed by atoms with Gasteiger partial charge in [-0.3, -0.25) is 0 Å². The maximum absolute atomic E-state index is 12.4. The van der Waals surface area contributed by atoms with E-state index in [2.05, 4.69) is 0 Å². The molecule has 0 aliphatic carbocycles. The molecule has 29 heavy (non-hydrogen) atoms. The number of carbonyl (C=O) groups is 3. The van der Waals surface area contributed by atoms with Crippen molar-refractivity contribution >= 4 is 39.9 Å². The Morgan fingerprint density at radius 1 is 0.931 bits per heavy atom. The molecule has 0 amide bonds. The van der Waals surface area contributed by atoms with Gasteiger partial charge in [-0.1, -0.05) is 0 Å². The van der Waals surface area contributed by atoms with Crippen LogP contribution in [0.1, 0.15) is 49.8 Å². The summed E-state index contributed by atoms with van der Waals surface area (Å²) in [6.45, 7) is 3.30. The molecule has 2 rings (SSSR count). The van der Waals surface area contributed by atoms with Crippen molar-refractivity contribution in [3.8, 4) is 0 Å². The van der Waals surface area contributed by atoms with Crippen molar-refractivity contribution in [2.24, 2.45) is 0 Å². The van der Waals surface area contributed by atoms with Crippen LogP contribution in [0.4, 0.5) is 10.7 Å². The van der Waals surface area contributed by atoms with E-state index in [9.17, 15) is 14.4 Å². The van der Waals surface area contributed by atoms with Crippen molar-refractivity contribution in [1.29, 1.82) is 0 Å². The summed E-state index contributed by atoms with van der Waals surface area (Å²) in [5.74, 6) is -1.91. The number of nitrogens with zero attached hydrogens (tertiary/aromatic N) is 1. The van der Waals surface area contributed by atoms with E-state index in [-0.39, 0.29) is 40.8 Å². The van der Waals surface area contributed by atoms with E-state index in [1.165, 1.54) is 0 Å². The Labute approximate surface area is 173 Å². The highest BCUT2D eigenvalue weighted by Crippen LogP contribution is 2.33. The zero-order valence-corrected chi connectivity index (χ0v) is 17.6. The molecule has 2 aromatic rings. The monoisotopic (exact) mass is 420 g/mol. The Hall–Kier alpha value is -3.07. The number of esters is 3. The Balaban J connectivity index is 2.28. The fraction of sp³-hybridized carbons (Fsp3) is 0.350. The van der Waals surface area contributed by atoms with Gasteiger partial charge in [0.1, 0.15) is 22.0 Å². The van der Waals surface area contributed by atoms with Crippen LogP contribution in [-0.2, 0) is 20.8 Å². The van der Waals surface area contributed by atoms with E-state index in [1.54, 1.807) is 38.1 Å². The number of thiophene rings is 1. The van der Waals surface area contributed by atoms with Gasteiger partial charge in [0.25, 0.3) is 0 Å². The van der Waals surface area contributed by atoms with Gasteiger partial charge in [0, 0.05) is 25.3 Å². The highest BCUT2D eigenvalue weighted by Gasteiger charge is 2.28. The van der Waals surface area contributed by atoms with E-state index < -0.39 is 17.9 Å². The summed E-state index contributed by atoms with van der Waals surface area (Å²) in [5.41, 5.74) is 7.41. The van der Waals surface area contributed by atoms with Crippen LogP contribution < -0.4 is 10.6 Å². The van der Waals surface area contributed by atoms with Gasteiger partial charge in [0.05, 0.1) is 18.8 Å². The topological polar surface area (TPSA) is 108 Å². The van der Waals surface area contributed by atoms with Crippen molar-refractivity contribution in [2.75, 3.05) is 37.9 Å². The largest absolute Gasteiger partial charge is 0.462 e. The SMILES string of the molecule is CCOC(=O)c1sc(N)c(C(=O)OCC)c1COC(=O)c1ccc(N(C)C)cc1. The molecule has 0 radical (unpaired) electrons. The maximum Gasteiger partial charge on any atom is 0.348 e. The van der Waals surface area contributed by atoms with Gasteiger partial charge in [0.15, 0.2) is 0 Å². The van der Waals surface area contributed by atoms with E-state index in [4.69, 9.17) is 19.9 Å². The molecule has 8 nitrogen and oxygen atoms in total. The van der Waals surface area contributed by atoms with Crippen molar-refractivity contribution in [3.63, 3.8) is 0 Å². The first kappa shape index (κ1) is 22.2. The van der Waals surface area contributed by atoms with Crippen molar-refractivity contribution in [3.05, 3.63) is 45.8 Å². The van der Waals surface area contributed by atoms with Gasteiger partial charge in [-0.15, -0.1) is 11.3 Å². The Bertz CT molecular complexity index is 889. The fourth-order valence-electron chi connectivity index (χ4n) is 2.53. The first-order valence-electron chi connectivity index (χ1n) is 8.99. The summed E-state index contributed by atoms with van der Waals surface area (Å²) >= 11 is 0.901. The average Bonchev–Trinajstić information content (AvgIpc) is 3.03. The second-order valence-corrected chi connectivity index (χ2v) is 7.16. The summed E-state index contributed by atoms with van der Waals surface area (Å²) in [4.78, 5) is 39.0. The molecule has 0 bridgehead atoms. The minimum atomic E-state index is -0.682. The first-order valence-corrected chi connectivity index (χ1v) is 9.81. The average molecular weight is 420 g/mol. The molecule has 0 fully saturated rings. The van der Waals surface area contributed by atoms with Crippen LogP contribution in [-0.4, -0.2) is 45.2 Å². The van der Waals surface area contributed by atoms with Crippen LogP contribution in [0, 0.1) is 0 Å². The quantitative estimate of drug-likeness (QED) is 0.513. The van der Waals surface area contributed by atoms with Crippen molar-refractivity contribution < 1.29 is 28.6 Å². The zero-order valence-electron chi connectivity index (χ0n) is 16.8. The van der Waals surface area contributed by atoms with Crippen molar-refractivity contribution in [2.45, 2.75) is 20.5 Å². The molecule has 1 aromatic carbocycles. The van der Waals surface area contributed by atoms with Crippen LogP contribution in [0.2, 0.25) is 0 Å². The molecule has 9 heteroatoms. The van der Waals surface area contributed by atoms with E-state index in [0.29, 0.717) is 5.56 Å². The minimum Gasteiger partial charge on any atom is -0.462 e. The van der Waals surface area contributed by atoms with Crippen LogP contribution in [0.25, 0.3) is 0 Å². The predicted octanol–water partition coefficient (Wildman–Crippen LogP) is 3.11. The fourth-order valence-corrected chi connectivity index (χ4v) is 3.48. The lowest BCUT2D eigenvalue weighted by molar-refractivity contribution is 0.0437. The second kappa shape index (κ2) is 9.92. The molecule has 0 spiro atoms. The highest BCUT2D eigenvalue weighted by molar-refractivity contribution is 7.18. The van der Waals surface area contributed by atoms with Crippen LogP contribution in [0.3, 0.4) is 0 Å². The molecule has 0 unspecified atom stereocenters. The van der Waals surface area contributed by atoms with Gasteiger partial charge in [-0.25, -0.2) is 14.4 Å². The number of nitrogens with two attached hydrogens (primary N) is 1. The second-order valence-electron chi connectivity index (χ2n) is 6.11. The molecular formula is C20H24N2O6S. The molecule has 0 aliphatic heterocycles. The predicted molar refractivity (Wildman–Crippen MR) is 111 cm³/mol. The Kier molecular flexibility index (Phi) is 7.60. The Morgan fingerprint density at radius 3 is 2.07 bits per heavy atom. The summed E-state index contributed by atoms with van der Waals surface area (Å²) in [5, 5.41) is 0.105. The van der Waals surface area contributed by atoms with Gasteiger partial charge >= 0.3 is 17.9 Å². The molecule has 1 heterocycles. The van der Waals surface area contributed by atoms with Gasteiger partial charge < -0.3 is 24.8 Å². The van der Waals surface area contributed by atoms with Gasteiger partial charge in [0.2, 0.25) is 0 Å². The maximum atomic E-state index is 12.4. The van der Waals surface area contributed by atoms with Crippen LogP contribution in [0.15, 0.2) is 24.3 Å². The number of hydrogen-bond donors (Lipinski definition) is 1. The third-order valence-corrected chi connectivity index (χ3v) is 4.98. The number of nitrogen functional groups attached to an aromatic ring is 1. The molecule has 0 saturated carbocycles. The van der Waals surface area contributed by atoms with E-state index in [0.717, 1.165) is 17.0 Å². The first-order chi connectivity index (χ1) is 13.8. The summed E-state index contributed by atoms with van der Waals surface area (Å²) in [6, 6.07) is 6.84. The summed E-state index contributed by atoms with van der Waals surface area (Å²) in [7, 11) is 3.78. The van der Waals surface area contributed by atoms with E-state index in [1.807, 2.05) is 19.0 Å². The van der Waals surface area contributed by atoms with Gasteiger partial charge in [-0.05, 0) is 38.1 Å². The number of benzene rings is 1. The lowest BCUT2D eigenvalue weighted by Gasteiger charge is -2.12. The molecule has 2 N–H and O–H groups in total. The molecule has 0 atom stereocenters. The molecule has 1 aromatic heterocycles. The molecular weight excluding hydrogens is 396 g/mol. The van der Waals surface area contributed by atoms with Crippen LogP contribution in [0.5, 0.6) is 0 Å². The normalized spacial score (nSPS) is 10.3. The standard InChI is InChI=1S/C20H24N2O6S/c1-5-26-19(24)15-14(16(29-17(15)21)20(25)27-6-2)11-28-18(23)12-7-9-13(10-8-12)22(3)4/h7-10H,5-6,11,21H2,1-4H3. The third-order valence-electron chi connectivity index (χ3n) is 3.94. The van der Waals surface area contributed by atoms with E-state index >= 15 is 0 Å². The third kappa shape index (κ3) is 5.26. The lowest BCUT2D eigenvalue weighted by Crippen LogP contribution is -2.14. The highest BCUT2D eigenvalue weighted by atomic mass is 32.1. The Morgan fingerprint density at radius 2 is 1.52 bits per heavy atom. The smallest absolute Gasteiger partial charge is 0.348 e. The number of hydrogen-bond acceptors (Lipinski definition) is 9. The van der Waals surface area contributed by atoms with Gasteiger partial charge in [-0.2, -0.15) is 0 Å². The molecule has 0 aliphatic rings. The van der Waals surface area contributed by atoms with Crippen molar-refractivity contribution in [1.82, 2.24) is 0 Å². The van der Waals surface area contributed by atoms with Crippen LogP contribution >= 0.6 is 11.3 Å². The summed E-state index contributed by atoms with van der Waals surface area (Å²) in [6.07, 6.45) is 0. The number of carbonyl (C=O) groups excluding carboxylic acids is 3. The number of rotatable bonds is 8. The molecule has 0 saturated heterocycles.